The maximum Gasteiger partial charge on any atom is 0.293 e. The number of nitrogens with zero attached hydrogens (tertiary/aromatic N) is 2. The molecule has 0 spiro atoms. The van der Waals surface area contributed by atoms with Gasteiger partial charge in [-0.2, -0.15) is 8.87 Å². The summed E-state index contributed by atoms with van der Waals surface area (Å²) >= 11 is 0. The number of sulfonamides is 1. The molecule has 1 aromatic carbocycles. The zero-order chi connectivity index (χ0) is 20.3. The van der Waals surface area contributed by atoms with E-state index in [-0.39, 0.29) is 10.8 Å². The third-order valence-corrected chi connectivity index (χ3v) is 6.99. The molecule has 3 rings (SSSR count). The molecule has 0 aliphatic carbocycles. The third kappa shape index (κ3) is 4.24. The predicted molar refractivity (Wildman–Crippen MR) is 105 cm³/mol. The maximum atomic E-state index is 12.7. The smallest absolute Gasteiger partial charge is 0.293 e. The van der Waals surface area contributed by atoms with E-state index >= 15 is 0 Å². The highest BCUT2D eigenvalue weighted by Gasteiger charge is 2.27. The first-order chi connectivity index (χ1) is 13.3. The van der Waals surface area contributed by atoms with Crippen molar-refractivity contribution in [2.75, 3.05) is 31.6 Å². The van der Waals surface area contributed by atoms with Crippen LogP contribution in [0.2, 0.25) is 0 Å². The second-order valence-electron chi connectivity index (χ2n) is 6.89. The van der Waals surface area contributed by atoms with E-state index in [1.807, 2.05) is 43.7 Å². The molecule has 0 radical (unpaired) electrons. The van der Waals surface area contributed by atoms with Crippen LogP contribution in [-0.4, -0.2) is 44.9 Å². The van der Waals surface area contributed by atoms with Gasteiger partial charge >= 0.3 is 0 Å². The van der Waals surface area contributed by atoms with Crippen molar-refractivity contribution < 1.29 is 22.5 Å². The molecule has 0 saturated carbocycles. The number of hydrogen-bond acceptors (Lipinski definition) is 4. The molecule has 0 bridgehead atoms. The monoisotopic (exact) mass is 404 g/mol. The molecule has 1 atom stereocenters. The summed E-state index contributed by atoms with van der Waals surface area (Å²) in [5.41, 5.74) is 2.70. The van der Waals surface area contributed by atoms with E-state index in [0.29, 0.717) is 32.0 Å². The highest BCUT2D eigenvalue weighted by Crippen LogP contribution is 2.20. The molecule has 8 heteroatoms. The van der Waals surface area contributed by atoms with Crippen LogP contribution in [0.15, 0.2) is 47.5 Å². The number of aryl methyl sites for hydroxylation is 1. The number of carbonyl (C=O) groups excluding carboxylic acids is 1. The topological polar surface area (TPSA) is 79.6 Å². The first-order valence-corrected chi connectivity index (χ1v) is 10.7. The minimum atomic E-state index is -3.54. The zero-order valence-corrected chi connectivity index (χ0v) is 17.2. The van der Waals surface area contributed by atoms with Gasteiger partial charge in [-0.15, -0.1) is 0 Å². The maximum absolute atomic E-state index is 12.7. The zero-order valence-electron chi connectivity index (χ0n) is 16.4. The Morgan fingerprint density at radius 3 is 2.43 bits per heavy atom. The molecule has 2 aromatic rings. The Morgan fingerprint density at radius 2 is 1.79 bits per heavy atom. The van der Waals surface area contributed by atoms with Gasteiger partial charge in [0.15, 0.2) is 11.9 Å². The summed E-state index contributed by atoms with van der Waals surface area (Å²) in [6.45, 7) is 7.33. The number of benzene rings is 1. The Morgan fingerprint density at radius 1 is 1.14 bits per heavy atom. The number of pyridine rings is 1. The number of ether oxygens (including phenoxy) is 1. The van der Waals surface area contributed by atoms with Gasteiger partial charge in [0.05, 0.1) is 18.1 Å². The molecule has 150 valence electrons. The Labute approximate surface area is 166 Å². The third-order valence-electron chi connectivity index (χ3n) is 5.08. The van der Waals surface area contributed by atoms with Crippen molar-refractivity contribution in [3.05, 3.63) is 53.9 Å². The molecule has 1 N–H and O–H groups in total. The van der Waals surface area contributed by atoms with E-state index in [1.54, 1.807) is 12.1 Å². The lowest BCUT2D eigenvalue weighted by Gasteiger charge is -2.26. The van der Waals surface area contributed by atoms with Crippen LogP contribution in [0.4, 0.5) is 5.69 Å². The van der Waals surface area contributed by atoms with Crippen LogP contribution >= 0.6 is 0 Å². The van der Waals surface area contributed by atoms with Crippen molar-refractivity contribution in [3.8, 4) is 0 Å². The summed E-state index contributed by atoms with van der Waals surface area (Å²) in [5.74, 6) is -0.164. The average molecular weight is 405 g/mol. The Bertz CT molecular complexity index is 952. The SMILES string of the molecule is Cc1ccc[n+]([C@H](C)C(=O)Nc2ccc(S(=O)(=O)N3CCOCC3)cc2)c1C. The predicted octanol–water partition coefficient (Wildman–Crippen LogP) is 1.81. The lowest BCUT2D eigenvalue weighted by Crippen LogP contribution is -2.47. The summed E-state index contributed by atoms with van der Waals surface area (Å²) in [4.78, 5) is 12.8. The number of amides is 1. The fraction of sp³-hybridized carbons (Fsp3) is 0.400. The first-order valence-electron chi connectivity index (χ1n) is 9.27. The van der Waals surface area contributed by atoms with Crippen molar-refractivity contribution in [2.24, 2.45) is 0 Å². The lowest BCUT2D eigenvalue weighted by atomic mass is 10.2. The highest BCUT2D eigenvalue weighted by atomic mass is 32.2. The molecule has 1 saturated heterocycles. The van der Waals surface area contributed by atoms with Gasteiger partial charge in [0, 0.05) is 44.3 Å². The molecule has 0 unspecified atom stereocenters. The molecule has 1 aromatic heterocycles. The second-order valence-corrected chi connectivity index (χ2v) is 8.83. The van der Waals surface area contributed by atoms with Crippen LogP contribution in [0.25, 0.3) is 0 Å². The number of anilines is 1. The summed E-state index contributed by atoms with van der Waals surface area (Å²) < 4.78 is 33.9. The van der Waals surface area contributed by atoms with E-state index in [9.17, 15) is 13.2 Å². The van der Waals surface area contributed by atoms with Gasteiger partial charge in [-0.05, 0) is 37.3 Å². The van der Waals surface area contributed by atoms with Gasteiger partial charge in [0.1, 0.15) is 0 Å². The van der Waals surface area contributed by atoms with E-state index in [2.05, 4.69) is 5.32 Å². The summed E-state index contributed by atoms with van der Waals surface area (Å²) in [7, 11) is -3.54. The summed E-state index contributed by atoms with van der Waals surface area (Å²) in [6.07, 6.45) is 1.88. The molecular formula is C20H26N3O4S+. The quantitative estimate of drug-likeness (QED) is 0.771. The van der Waals surface area contributed by atoms with Crippen molar-refractivity contribution in [1.82, 2.24) is 4.31 Å². The van der Waals surface area contributed by atoms with E-state index in [1.165, 1.54) is 16.4 Å². The summed E-state index contributed by atoms with van der Waals surface area (Å²) in [6, 6.07) is 9.81. The van der Waals surface area contributed by atoms with Crippen molar-refractivity contribution in [1.29, 1.82) is 0 Å². The van der Waals surface area contributed by atoms with Gasteiger partial charge in [0.2, 0.25) is 16.1 Å². The number of carbonyl (C=O) groups is 1. The second kappa shape index (κ2) is 8.38. The van der Waals surface area contributed by atoms with E-state index in [4.69, 9.17) is 4.74 Å². The van der Waals surface area contributed by atoms with Gasteiger partial charge in [-0.1, -0.05) is 0 Å². The molecule has 1 fully saturated rings. The van der Waals surface area contributed by atoms with E-state index < -0.39 is 16.1 Å². The fourth-order valence-electron chi connectivity index (χ4n) is 3.16. The largest absolute Gasteiger partial charge is 0.379 e. The van der Waals surface area contributed by atoms with Crippen LogP contribution in [0.3, 0.4) is 0 Å². The fourth-order valence-corrected chi connectivity index (χ4v) is 4.56. The minimum absolute atomic E-state index is 0.164. The normalized spacial score (nSPS) is 16.5. The lowest BCUT2D eigenvalue weighted by molar-refractivity contribution is -0.711. The van der Waals surface area contributed by atoms with Gasteiger partial charge in [-0.25, -0.2) is 8.42 Å². The van der Waals surface area contributed by atoms with Crippen LogP contribution in [0.1, 0.15) is 24.2 Å². The molecule has 28 heavy (non-hydrogen) atoms. The molecule has 1 aliphatic rings. The molecular weight excluding hydrogens is 378 g/mol. The van der Waals surface area contributed by atoms with E-state index in [0.717, 1.165) is 11.3 Å². The van der Waals surface area contributed by atoms with Crippen molar-refractivity contribution >= 4 is 21.6 Å². The highest BCUT2D eigenvalue weighted by molar-refractivity contribution is 7.89. The standard InChI is InChI=1S/C20H25N3O4S/c1-15-5-4-10-23(16(15)2)17(3)20(24)21-18-6-8-19(9-7-18)28(25,26)22-11-13-27-14-12-22/h4-10,17H,11-14H2,1-3H3/p+1/t17-/m1/s1. The number of nitrogens with one attached hydrogen (secondary N) is 1. The Hall–Kier alpha value is -2.29. The first kappa shape index (κ1) is 20.4. The molecule has 1 amide bonds. The number of rotatable bonds is 5. The van der Waals surface area contributed by atoms with Crippen LogP contribution in [-0.2, 0) is 19.6 Å². The van der Waals surface area contributed by atoms with Crippen LogP contribution in [0, 0.1) is 13.8 Å². The molecule has 1 aliphatic heterocycles. The summed E-state index contributed by atoms with van der Waals surface area (Å²) in [5, 5.41) is 2.86. The average Bonchev–Trinajstić information content (AvgIpc) is 2.70. The Kier molecular flexibility index (Phi) is 6.12. The Balaban J connectivity index is 1.71. The number of aromatic nitrogens is 1. The van der Waals surface area contributed by atoms with Crippen LogP contribution < -0.4 is 9.88 Å². The van der Waals surface area contributed by atoms with Gasteiger partial charge < -0.3 is 10.1 Å². The van der Waals surface area contributed by atoms with Crippen molar-refractivity contribution in [3.63, 3.8) is 0 Å². The van der Waals surface area contributed by atoms with Gasteiger partial charge in [0.25, 0.3) is 5.91 Å². The molecule has 7 nitrogen and oxygen atoms in total. The van der Waals surface area contributed by atoms with Gasteiger partial charge in [-0.3, -0.25) is 4.79 Å². The van der Waals surface area contributed by atoms with Crippen LogP contribution in [0.5, 0.6) is 0 Å². The van der Waals surface area contributed by atoms with Crippen molar-refractivity contribution in [2.45, 2.75) is 31.7 Å². The number of hydrogen-bond donors (Lipinski definition) is 1. The number of morpholine rings is 1. The minimum Gasteiger partial charge on any atom is -0.379 e. The molecule has 2 heterocycles.